The summed E-state index contributed by atoms with van der Waals surface area (Å²) in [6, 6.07) is 3.94. The van der Waals surface area contributed by atoms with E-state index in [9.17, 15) is 4.79 Å². The molecule has 4 heteroatoms. The summed E-state index contributed by atoms with van der Waals surface area (Å²) in [5, 5.41) is 5.25. The highest BCUT2D eigenvalue weighted by atomic mass is 32.1. The molecule has 1 aliphatic carbocycles. The molecule has 14 heavy (non-hydrogen) atoms. The molecule has 1 aliphatic rings. The molecule has 1 unspecified atom stereocenters. The predicted molar refractivity (Wildman–Crippen MR) is 56.9 cm³/mol. The Hall–Kier alpha value is -0.870. The molecule has 1 heterocycles. The standard InChI is InChI=1S/C10H14N2OS/c11-10(13)9(7-3-4-7)12-6-8-2-1-5-14-8/h1-2,5,7,9,12H,3-4,6H2,(H2,11,13). The maximum absolute atomic E-state index is 11.1. The van der Waals surface area contributed by atoms with Crippen molar-refractivity contribution in [2.24, 2.45) is 11.7 Å². The number of primary amides is 1. The van der Waals surface area contributed by atoms with Gasteiger partial charge in [0.1, 0.15) is 0 Å². The second-order valence-electron chi connectivity index (χ2n) is 3.68. The highest BCUT2D eigenvalue weighted by Gasteiger charge is 2.34. The fourth-order valence-corrected chi connectivity index (χ4v) is 2.21. The second kappa shape index (κ2) is 4.11. The van der Waals surface area contributed by atoms with Crippen LogP contribution in [0, 0.1) is 5.92 Å². The average Bonchev–Trinajstić information content (AvgIpc) is 2.82. The van der Waals surface area contributed by atoms with Gasteiger partial charge in [-0.2, -0.15) is 0 Å². The van der Waals surface area contributed by atoms with Crippen LogP contribution in [-0.4, -0.2) is 11.9 Å². The molecule has 0 bridgehead atoms. The van der Waals surface area contributed by atoms with Crippen LogP contribution < -0.4 is 11.1 Å². The van der Waals surface area contributed by atoms with Crippen LogP contribution >= 0.6 is 11.3 Å². The lowest BCUT2D eigenvalue weighted by Gasteiger charge is -2.13. The third-order valence-electron chi connectivity index (χ3n) is 2.48. The van der Waals surface area contributed by atoms with Crippen LogP contribution in [0.4, 0.5) is 0 Å². The fourth-order valence-electron chi connectivity index (χ4n) is 1.55. The first-order valence-corrected chi connectivity index (χ1v) is 5.70. The van der Waals surface area contributed by atoms with Crippen molar-refractivity contribution in [3.63, 3.8) is 0 Å². The van der Waals surface area contributed by atoms with Crippen molar-refractivity contribution in [3.8, 4) is 0 Å². The number of carbonyl (C=O) groups excluding carboxylic acids is 1. The van der Waals surface area contributed by atoms with Crippen molar-refractivity contribution < 1.29 is 4.79 Å². The smallest absolute Gasteiger partial charge is 0.234 e. The topological polar surface area (TPSA) is 55.1 Å². The Labute approximate surface area is 87.3 Å². The van der Waals surface area contributed by atoms with E-state index in [0.717, 1.165) is 19.4 Å². The van der Waals surface area contributed by atoms with Gasteiger partial charge < -0.3 is 11.1 Å². The summed E-state index contributed by atoms with van der Waals surface area (Å²) in [5.74, 6) is 0.261. The first kappa shape index (κ1) is 9.68. The van der Waals surface area contributed by atoms with E-state index in [1.807, 2.05) is 11.4 Å². The molecule has 0 radical (unpaired) electrons. The van der Waals surface area contributed by atoms with Crippen molar-refractivity contribution >= 4 is 17.2 Å². The first-order chi connectivity index (χ1) is 6.77. The Balaban J connectivity index is 1.85. The van der Waals surface area contributed by atoms with Crippen LogP contribution in [0.1, 0.15) is 17.7 Å². The lowest BCUT2D eigenvalue weighted by Crippen LogP contribution is -2.42. The molecule has 0 saturated heterocycles. The Bertz CT molecular complexity index is 306. The molecule has 3 N–H and O–H groups in total. The van der Waals surface area contributed by atoms with Gasteiger partial charge >= 0.3 is 0 Å². The van der Waals surface area contributed by atoms with Gasteiger partial charge in [0.25, 0.3) is 0 Å². The molecule has 0 aliphatic heterocycles. The van der Waals surface area contributed by atoms with Crippen molar-refractivity contribution in [3.05, 3.63) is 22.4 Å². The first-order valence-electron chi connectivity index (χ1n) is 4.82. The van der Waals surface area contributed by atoms with Crippen LogP contribution in [0.25, 0.3) is 0 Å². The Morgan fingerprint density at radius 2 is 2.50 bits per heavy atom. The zero-order chi connectivity index (χ0) is 9.97. The number of hydrogen-bond donors (Lipinski definition) is 2. The van der Waals surface area contributed by atoms with Gasteiger partial charge in [-0.3, -0.25) is 4.79 Å². The van der Waals surface area contributed by atoms with Crippen LogP contribution in [-0.2, 0) is 11.3 Å². The maximum Gasteiger partial charge on any atom is 0.234 e. The van der Waals surface area contributed by atoms with E-state index in [1.165, 1.54) is 4.88 Å². The number of thiophene rings is 1. The Kier molecular flexibility index (Phi) is 2.84. The van der Waals surface area contributed by atoms with Gasteiger partial charge in [-0.05, 0) is 30.2 Å². The Morgan fingerprint density at radius 1 is 1.71 bits per heavy atom. The maximum atomic E-state index is 11.1. The summed E-state index contributed by atoms with van der Waals surface area (Å²) < 4.78 is 0. The molecule has 3 nitrogen and oxygen atoms in total. The SMILES string of the molecule is NC(=O)C(NCc1cccs1)C1CC1. The molecular formula is C10H14N2OS. The molecule has 1 atom stereocenters. The molecule has 76 valence electrons. The monoisotopic (exact) mass is 210 g/mol. The molecule has 1 fully saturated rings. The number of carbonyl (C=O) groups is 1. The zero-order valence-corrected chi connectivity index (χ0v) is 8.72. The van der Waals surface area contributed by atoms with E-state index in [1.54, 1.807) is 11.3 Å². The minimum atomic E-state index is -0.218. The molecular weight excluding hydrogens is 196 g/mol. The van der Waals surface area contributed by atoms with E-state index in [4.69, 9.17) is 5.73 Å². The summed E-state index contributed by atoms with van der Waals surface area (Å²) in [6.07, 6.45) is 2.26. The van der Waals surface area contributed by atoms with Crippen LogP contribution in [0.2, 0.25) is 0 Å². The number of nitrogens with one attached hydrogen (secondary N) is 1. The second-order valence-corrected chi connectivity index (χ2v) is 4.71. The summed E-state index contributed by atoms with van der Waals surface area (Å²) in [7, 11) is 0. The summed E-state index contributed by atoms with van der Waals surface area (Å²) in [4.78, 5) is 12.4. The van der Waals surface area contributed by atoms with Gasteiger partial charge in [0.05, 0.1) is 6.04 Å². The minimum Gasteiger partial charge on any atom is -0.368 e. The quantitative estimate of drug-likeness (QED) is 0.764. The minimum absolute atomic E-state index is 0.128. The molecule has 0 aromatic carbocycles. The van der Waals surface area contributed by atoms with Crippen LogP contribution in [0.3, 0.4) is 0 Å². The molecule has 2 rings (SSSR count). The van der Waals surface area contributed by atoms with E-state index in [-0.39, 0.29) is 11.9 Å². The van der Waals surface area contributed by atoms with Gasteiger partial charge in [-0.15, -0.1) is 11.3 Å². The predicted octanol–water partition coefficient (Wildman–Crippen LogP) is 1.10. The Morgan fingerprint density at radius 3 is 3.00 bits per heavy atom. The number of amides is 1. The summed E-state index contributed by atoms with van der Waals surface area (Å²) in [5.41, 5.74) is 5.32. The normalized spacial score (nSPS) is 18.0. The molecule has 1 aromatic rings. The van der Waals surface area contributed by atoms with Crippen LogP contribution in [0.5, 0.6) is 0 Å². The number of hydrogen-bond acceptors (Lipinski definition) is 3. The van der Waals surface area contributed by atoms with Crippen molar-refractivity contribution in [2.45, 2.75) is 25.4 Å². The third-order valence-corrected chi connectivity index (χ3v) is 3.35. The summed E-state index contributed by atoms with van der Waals surface area (Å²) in [6.45, 7) is 0.752. The van der Waals surface area contributed by atoms with Gasteiger partial charge in [-0.1, -0.05) is 6.07 Å². The third kappa shape index (κ3) is 2.33. The van der Waals surface area contributed by atoms with Crippen molar-refractivity contribution in [1.29, 1.82) is 0 Å². The van der Waals surface area contributed by atoms with Gasteiger partial charge in [0.2, 0.25) is 5.91 Å². The van der Waals surface area contributed by atoms with Gasteiger partial charge in [0, 0.05) is 11.4 Å². The van der Waals surface area contributed by atoms with Crippen LogP contribution in [0.15, 0.2) is 17.5 Å². The zero-order valence-electron chi connectivity index (χ0n) is 7.90. The van der Waals surface area contributed by atoms with E-state index >= 15 is 0 Å². The molecule has 1 amide bonds. The van der Waals surface area contributed by atoms with Crippen molar-refractivity contribution in [1.82, 2.24) is 5.32 Å². The summed E-state index contributed by atoms with van der Waals surface area (Å²) >= 11 is 1.69. The highest BCUT2D eigenvalue weighted by Crippen LogP contribution is 2.32. The average molecular weight is 210 g/mol. The lowest BCUT2D eigenvalue weighted by molar-refractivity contribution is -0.120. The van der Waals surface area contributed by atoms with Gasteiger partial charge in [-0.25, -0.2) is 0 Å². The fraction of sp³-hybridized carbons (Fsp3) is 0.500. The van der Waals surface area contributed by atoms with Gasteiger partial charge in [0.15, 0.2) is 0 Å². The molecule has 0 spiro atoms. The largest absolute Gasteiger partial charge is 0.368 e. The lowest BCUT2D eigenvalue weighted by atomic mass is 10.2. The van der Waals surface area contributed by atoms with E-state index in [2.05, 4.69) is 11.4 Å². The van der Waals surface area contributed by atoms with Crippen molar-refractivity contribution in [2.75, 3.05) is 0 Å². The molecule has 1 saturated carbocycles. The number of rotatable bonds is 5. The van der Waals surface area contributed by atoms with E-state index in [0.29, 0.717) is 5.92 Å². The molecule has 1 aromatic heterocycles. The van der Waals surface area contributed by atoms with E-state index < -0.39 is 0 Å². The number of nitrogens with two attached hydrogens (primary N) is 1. The highest BCUT2D eigenvalue weighted by molar-refractivity contribution is 7.09.